The van der Waals surface area contributed by atoms with E-state index in [-0.39, 0.29) is 0 Å². The first-order chi connectivity index (χ1) is 7.64. The van der Waals surface area contributed by atoms with Gasteiger partial charge in [-0.1, -0.05) is 73.6 Å². The Hall–Kier alpha value is -1.99. The van der Waals surface area contributed by atoms with Crippen LogP contribution in [0.1, 0.15) is 19.4 Å². The van der Waals surface area contributed by atoms with Crippen LogP contribution in [0.25, 0.3) is 16.5 Å². The van der Waals surface area contributed by atoms with Gasteiger partial charge in [0.2, 0.25) is 0 Å². The quantitative estimate of drug-likeness (QED) is 0.309. The molecule has 0 amide bonds. The first-order valence-electron chi connectivity index (χ1n) is 5.11. The maximum absolute atomic E-state index is 8.34. The maximum Gasteiger partial charge on any atom is 0.0614 e. The van der Waals surface area contributed by atoms with Gasteiger partial charge in [0.25, 0.3) is 0 Å². The Morgan fingerprint density at radius 2 is 1.88 bits per heavy atom. The second kappa shape index (κ2) is 5.79. The van der Waals surface area contributed by atoms with Gasteiger partial charge in [0.1, 0.15) is 0 Å². The minimum atomic E-state index is -0.476. The fourth-order valence-electron chi connectivity index (χ4n) is 1.17. The van der Waals surface area contributed by atoms with Gasteiger partial charge in [-0.2, -0.15) is 0 Å². The van der Waals surface area contributed by atoms with Gasteiger partial charge in [0, 0.05) is 4.91 Å². The van der Waals surface area contributed by atoms with Crippen molar-refractivity contribution >= 4 is 6.08 Å². The Morgan fingerprint density at radius 1 is 1.19 bits per heavy atom. The third-order valence-electron chi connectivity index (χ3n) is 2.01. The van der Waals surface area contributed by atoms with E-state index in [1.807, 2.05) is 68.5 Å². The van der Waals surface area contributed by atoms with Gasteiger partial charge in [-0.15, -0.1) is 0 Å². The highest BCUT2D eigenvalue weighted by Crippen LogP contribution is 2.11. The highest BCUT2D eigenvalue weighted by molar-refractivity contribution is 5.50. The predicted molar refractivity (Wildman–Crippen MR) is 67.8 cm³/mol. The molecule has 0 unspecified atom stereocenters. The summed E-state index contributed by atoms with van der Waals surface area (Å²) >= 11 is 0. The molecule has 1 aromatic rings. The summed E-state index contributed by atoms with van der Waals surface area (Å²) in [5.74, 6) is 0. The Balaban J connectivity index is 2.61. The van der Waals surface area contributed by atoms with Crippen molar-refractivity contribution in [3.8, 4) is 0 Å². The van der Waals surface area contributed by atoms with Gasteiger partial charge in [0.05, 0.1) is 5.54 Å². The first kappa shape index (κ1) is 12.1. The van der Waals surface area contributed by atoms with Crippen molar-refractivity contribution in [3.05, 3.63) is 64.6 Å². The lowest BCUT2D eigenvalue weighted by molar-refractivity contribution is 0.648. The molecule has 0 aliphatic heterocycles. The highest BCUT2D eigenvalue weighted by atomic mass is 15.2. The third-order valence-corrected chi connectivity index (χ3v) is 2.01. The van der Waals surface area contributed by atoms with E-state index in [1.54, 1.807) is 0 Å². The van der Waals surface area contributed by atoms with E-state index in [0.717, 1.165) is 5.56 Å². The van der Waals surface area contributed by atoms with Gasteiger partial charge < -0.3 is 0 Å². The summed E-state index contributed by atoms with van der Waals surface area (Å²) in [6.07, 6.45) is 7.69. The molecule has 0 radical (unpaired) electrons. The van der Waals surface area contributed by atoms with Crippen LogP contribution in [0.5, 0.6) is 0 Å². The van der Waals surface area contributed by atoms with Crippen LogP contribution >= 0.6 is 0 Å². The Morgan fingerprint density at radius 3 is 2.50 bits per heavy atom. The van der Waals surface area contributed by atoms with E-state index in [0.29, 0.717) is 0 Å². The van der Waals surface area contributed by atoms with E-state index in [2.05, 4.69) is 10.0 Å². The fourth-order valence-corrected chi connectivity index (χ4v) is 1.17. The lowest BCUT2D eigenvalue weighted by Gasteiger charge is -2.09. The number of azide groups is 1. The number of nitrogens with zero attached hydrogens (tertiary/aromatic N) is 3. The summed E-state index contributed by atoms with van der Waals surface area (Å²) in [6.45, 7) is 3.72. The van der Waals surface area contributed by atoms with Crippen LogP contribution in [0.3, 0.4) is 0 Å². The van der Waals surface area contributed by atoms with Crippen LogP contribution in [-0.2, 0) is 0 Å². The van der Waals surface area contributed by atoms with Crippen LogP contribution in [0, 0.1) is 0 Å². The summed E-state index contributed by atoms with van der Waals surface area (Å²) in [7, 11) is 0. The van der Waals surface area contributed by atoms with Crippen LogP contribution in [0.4, 0.5) is 0 Å². The smallest absolute Gasteiger partial charge is 0.0614 e. The van der Waals surface area contributed by atoms with Gasteiger partial charge in [-0.05, 0) is 11.1 Å². The molecule has 0 spiro atoms. The number of allylic oxidation sites excluding steroid dienone is 2. The van der Waals surface area contributed by atoms with Crippen LogP contribution in [-0.4, -0.2) is 5.54 Å². The molecule has 0 fully saturated rings. The minimum Gasteiger partial charge on any atom is -0.0838 e. The molecule has 1 rings (SSSR count). The molecular formula is C13H15N3. The molecule has 0 aromatic heterocycles. The molecule has 0 saturated heterocycles. The van der Waals surface area contributed by atoms with Crippen molar-refractivity contribution in [2.75, 3.05) is 0 Å². The molecule has 0 saturated carbocycles. The van der Waals surface area contributed by atoms with Crippen LogP contribution < -0.4 is 0 Å². The molecule has 1 aromatic carbocycles. The molecule has 0 atom stereocenters. The largest absolute Gasteiger partial charge is 0.0838 e. The summed E-state index contributed by atoms with van der Waals surface area (Å²) in [5.41, 5.74) is 9.01. The monoisotopic (exact) mass is 213 g/mol. The fraction of sp³-hybridized carbons (Fsp3) is 0.231. The van der Waals surface area contributed by atoms with Gasteiger partial charge in [0.15, 0.2) is 0 Å². The van der Waals surface area contributed by atoms with Crippen molar-refractivity contribution in [2.24, 2.45) is 5.11 Å². The van der Waals surface area contributed by atoms with Crippen molar-refractivity contribution in [1.29, 1.82) is 0 Å². The number of hydrogen-bond donors (Lipinski definition) is 0. The van der Waals surface area contributed by atoms with E-state index in [9.17, 15) is 0 Å². The number of rotatable bonds is 4. The lowest BCUT2D eigenvalue weighted by Crippen LogP contribution is -2.09. The molecule has 3 heteroatoms. The molecule has 0 bridgehead atoms. The zero-order valence-electron chi connectivity index (χ0n) is 9.54. The predicted octanol–water partition coefficient (Wildman–Crippen LogP) is 4.34. The minimum absolute atomic E-state index is 0.476. The summed E-state index contributed by atoms with van der Waals surface area (Å²) < 4.78 is 0. The molecule has 0 aliphatic rings. The Bertz CT molecular complexity index is 424. The molecule has 16 heavy (non-hydrogen) atoms. The van der Waals surface area contributed by atoms with Crippen molar-refractivity contribution < 1.29 is 0 Å². The number of benzene rings is 1. The maximum atomic E-state index is 8.34. The van der Waals surface area contributed by atoms with E-state index >= 15 is 0 Å². The Kier molecular flexibility index (Phi) is 4.37. The average molecular weight is 213 g/mol. The standard InChI is InChI=1S/C13H15N3/c1-13(2,15-16-14)11-7-6-10-12-8-4-3-5-9-12/h3-11H,1-2H3/b10-6+,11-7+. The van der Waals surface area contributed by atoms with Gasteiger partial charge >= 0.3 is 0 Å². The normalized spacial score (nSPS) is 11.9. The summed E-state index contributed by atoms with van der Waals surface area (Å²) in [6, 6.07) is 10.0. The van der Waals surface area contributed by atoms with Crippen molar-refractivity contribution in [3.63, 3.8) is 0 Å². The van der Waals surface area contributed by atoms with Crippen LogP contribution in [0.2, 0.25) is 0 Å². The van der Waals surface area contributed by atoms with Crippen molar-refractivity contribution in [2.45, 2.75) is 19.4 Å². The Labute approximate surface area is 95.7 Å². The number of hydrogen-bond acceptors (Lipinski definition) is 1. The first-order valence-corrected chi connectivity index (χ1v) is 5.11. The molecule has 82 valence electrons. The molecule has 0 heterocycles. The van der Waals surface area contributed by atoms with Gasteiger partial charge in [-0.25, -0.2) is 0 Å². The average Bonchev–Trinajstić information content (AvgIpc) is 2.26. The van der Waals surface area contributed by atoms with E-state index in [1.165, 1.54) is 0 Å². The third kappa shape index (κ3) is 4.49. The van der Waals surface area contributed by atoms with E-state index < -0.39 is 5.54 Å². The molecule has 0 N–H and O–H groups in total. The van der Waals surface area contributed by atoms with Crippen molar-refractivity contribution in [1.82, 2.24) is 0 Å². The topological polar surface area (TPSA) is 48.8 Å². The molecular weight excluding hydrogens is 198 g/mol. The highest BCUT2D eigenvalue weighted by Gasteiger charge is 2.08. The summed E-state index contributed by atoms with van der Waals surface area (Å²) in [4.78, 5) is 2.79. The lowest BCUT2D eigenvalue weighted by atomic mass is 10.1. The second-order valence-corrected chi connectivity index (χ2v) is 3.97. The zero-order valence-corrected chi connectivity index (χ0v) is 9.54. The van der Waals surface area contributed by atoms with Gasteiger partial charge in [-0.3, -0.25) is 0 Å². The summed E-state index contributed by atoms with van der Waals surface area (Å²) in [5, 5.41) is 3.66. The zero-order chi connectivity index (χ0) is 11.9. The van der Waals surface area contributed by atoms with E-state index in [4.69, 9.17) is 5.53 Å². The molecule has 3 nitrogen and oxygen atoms in total. The van der Waals surface area contributed by atoms with Crippen LogP contribution in [0.15, 0.2) is 53.7 Å². The second-order valence-electron chi connectivity index (χ2n) is 3.97. The molecule has 0 aliphatic carbocycles. The SMILES string of the molecule is CC(C)(/C=C/C=C/c1ccccc1)N=[N+]=[N-].